The molecule has 2 aliphatic rings. The van der Waals surface area contributed by atoms with E-state index in [1.807, 2.05) is 36.6 Å². The smallest absolute Gasteiger partial charge is 0.271 e. The Hall–Kier alpha value is -2.70. The SMILES string of the molecule is CCCN1C(=O)c2cc3c(OC)ccc(OC)c3n2C[C@]1(C)C(=O)N[C@@H]1CCC[C@@H](C)[C@@H]1C. The minimum atomic E-state index is -0.999. The van der Waals surface area contributed by atoms with Crippen molar-refractivity contribution in [2.24, 2.45) is 11.8 Å². The van der Waals surface area contributed by atoms with Gasteiger partial charge in [-0.05, 0) is 49.8 Å². The molecular formula is C26H37N3O4. The van der Waals surface area contributed by atoms with Gasteiger partial charge in [-0.15, -0.1) is 0 Å². The van der Waals surface area contributed by atoms with Gasteiger partial charge in [0.05, 0.1) is 26.3 Å². The van der Waals surface area contributed by atoms with E-state index < -0.39 is 5.54 Å². The molecule has 2 aromatic rings. The van der Waals surface area contributed by atoms with Gasteiger partial charge >= 0.3 is 0 Å². The zero-order chi connectivity index (χ0) is 23.9. The van der Waals surface area contributed by atoms with Crippen LogP contribution in [0.25, 0.3) is 10.9 Å². The van der Waals surface area contributed by atoms with Crippen LogP contribution in [0.4, 0.5) is 0 Å². The van der Waals surface area contributed by atoms with Crippen LogP contribution in [-0.2, 0) is 11.3 Å². The Kier molecular flexibility index (Phi) is 6.34. The maximum absolute atomic E-state index is 13.8. The number of nitrogens with zero attached hydrogens (tertiary/aromatic N) is 2. The van der Waals surface area contributed by atoms with Crippen LogP contribution in [0.1, 0.15) is 63.9 Å². The molecule has 33 heavy (non-hydrogen) atoms. The van der Waals surface area contributed by atoms with Crippen molar-refractivity contribution in [2.45, 2.75) is 71.5 Å². The Labute approximate surface area is 196 Å². The Bertz CT molecular complexity index is 1060. The van der Waals surface area contributed by atoms with Crippen LogP contribution in [0.2, 0.25) is 0 Å². The van der Waals surface area contributed by atoms with Crippen LogP contribution in [0.5, 0.6) is 11.5 Å². The standard InChI is InChI=1S/C26H37N3O4/c1-7-13-29-24(30)20-14-18-21(32-5)11-12-22(33-6)23(18)28(20)15-26(29,4)25(31)27-19-10-8-9-16(2)17(19)3/h11-12,14,16-17,19H,7-10,13,15H2,1-6H3,(H,27,31)/t16-,17+,19-,26-/m1/s1. The van der Waals surface area contributed by atoms with E-state index in [0.717, 1.165) is 30.2 Å². The normalized spacial score (nSPS) is 27.4. The van der Waals surface area contributed by atoms with Gasteiger partial charge in [0.15, 0.2) is 0 Å². The summed E-state index contributed by atoms with van der Waals surface area (Å²) < 4.78 is 13.1. The number of rotatable bonds is 6. The number of carbonyl (C=O) groups excluding carboxylic acids is 2. The van der Waals surface area contributed by atoms with Crippen LogP contribution >= 0.6 is 0 Å². The van der Waals surface area contributed by atoms with Gasteiger partial charge in [-0.2, -0.15) is 0 Å². The van der Waals surface area contributed by atoms with E-state index in [1.54, 1.807) is 19.1 Å². The molecule has 0 spiro atoms. The number of carbonyl (C=O) groups is 2. The number of ether oxygens (including phenoxy) is 2. The molecule has 1 aromatic carbocycles. The lowest BCUT2D eigenvalue weighted by atomic mass is 9.77. The van der Waals surface area contributed by atoms with Gasteiger partial charge in [-0.3, -0.25) is 9.59 Å². The van der Waals surface area contributed by atoms with Gasteiger partial charge in [0.25, 0.3) is 5.91 Å². The van der Waals surface area contributed by atoms with Crippen LogP contribution < -0.4 is 14.8 Å². The van der Waals surface area contributed by atoms with Gasteiger partial charge in [-0.25, -0.2) is 0 Å². The molecular weight excluding hydrogens is 418 g/mol. The number of amides is 2. The first-order chi connectivity index (χ1) is 15.8. The molecule has 2 heterocycles. The zero-order valence-corrected chi connectivity index (χ0v) is 20.7. The number of fused-ring (bicyclic) bond motifs is 3. The summed E-state index contributed by atoms with van der Waals surface area (Å²) in [6.07, 6.45) is 4.08. The molecule has 2 amide bonds. The first-order valence-corrected chi connectivity index (χ1v) is 12.1. The lowest BCUT2D eigenvalue weighted by molar-refractivity contribution is -0.134. The summed E-state index contributed by atoms with van der Waals surface area (Å²) in [5.41, 5.74) is 0.349. The van der Waals surface area contributed by atoms with E-state index in [4.69, 9.17) is 9.47 Å². The zero-order valence-electron chi connectivity index (χ0n) is 20.7. The third-order valence-corrected chi connectivity index (χ3v) is 7.91. The van der Waals surface area contributed by atoms with E-state index in [1.165, 1.54) is 6.42 Å². The highest BCUT2D eigenvalue weighted by Crippen LogP contribution is 2.40. The van der Waals surface area contributed by atoms with Crippen molar-refractivity contribution < 1.29 is 19.1 Å². The molecule has 1 fully saturated rings. The predicted molar refractivity (Wildman–Crippen MR) is 129 cm³/mol. The molecule has 1 saturated carbocycles. The fourth-order valence-electron chi connectivity index (χ4n) is 5.64. The fraction of sp³-hybridized carbons (Fsp3) is 0.615. The molecule has 1 N–H and O–H groups in total. The molecule has 4 atom stereocenters. The molecule has 1 aromatic heterocycles. The van der Waals surface area contributed by atoms with Gasteiger partial charge in [-0.1, -0.05) is 33.6 Å². The van der Waals surface area contributed by atoms with Crippen molar-refractivity contribution in [1.82, 2.24) is 14.8 Å². The maximum atomic E-state index is 13.8. The number of aromatic nitrogens is 1. The number of methoxy groups -OCH3 is 2. The van der Waals surface area contributed by atoms with Crippen molar-refractivity contribution in [3.63, 3.8) is 0 Å². The van der Waals surface area contributed by atoms with Crippen molar-refractivity contribution in [1.29, 1.82) is 0 Å². The highest BCUT2D eigenvalue weighted by molar-refractivity contribution is 6.05. The molecule has 7 heteroatoms. The largest absolute Gasteiger partial charge is 0.496 e. The van der Waals surface area contributed by atoms with Gasteiger partial charge in [0.2, 0.25) is 5.91 Å². The quantitative estimate of drug-likeness (QED) is 0.708. The molecule has 1 aliphatic carbocycles. The third kappa shape index (κ3) is 3.75. The van der Waals surface area contributed by atoms with Gasteiger partial charge in [0, 0.05) is 18.0 Å². The van der Waals surface area contributed by atoms with Crippen molar-refractivity contribution >= 4 is 22.7 Å². The van der Waals surface area contributed by atoms with Crippen molar-refractivity contribution in [3.05, 3.63) is 23.9 Å². The van der Waals surface area contributed by atoms with E-state index >= 15 is 0 Å². The van der Waals surface area contributed by atoms with Crippen LogP contribution in [-0.4, -0.2) is 53.6 Å². The average Bonchev–Trinajstić information content (AvgIpc) is 3.18. The summed E-state index contributed by atoms with van der Waals surface area (Å²) >= 11 is 0. The first-order valence-electron chi connectivity index (χ1n) is 12.1. The molecule has 1 aliphatic heterocycles. The molecule has 0 radical (unpaired) electrons. The summed E-state index contributed by atoms with van der Waals surface area (Å²) in [5, 5.41) is 4.15. The molecule has 0 saturated heterocycles. The molecule has 0 unspecified atom stereocenters. The van der Waals surface area contributed by atoms with Crippen molar-refractivity contribution in [3.8, 4) is 11.5 Å². The van der Waals surface area contributed by atoms with Gasteiger partial charge in [0.1, 0.15) is 22.7 Å². The van der Waals surface area contributed by atoms with Crippen LogP contribution in [0.15, 0.2) is 18.2 Å². The fourth-order valence-corrected chi connectivity index (χ4v) is 5.64. The van der Waals surface area contributed by atoms with E-state index in [2.05, 4.69) is 19.2 Å². The highest BCUT2D eigenvalue weighted by Gasteiger charge is 2.48. The highest BCUT2D eigenvalue weighted by atomic mass is 16.5. The van der Waals surface area contributed by atoms with Gasteiger partial charge < -0.3 is 24.3 Å². The number of nitrogens with one attached hydrogen (secondary N) is 1. The lowest BCUT2D eigenvalue weighted by Gasteiger charge is -2.45. The average molecular weight is 456 g/mol. The minimum Gasteiger partial charge on any atom is -0.496 e. The Balaban J connectivity index is 1.78. The maximum Gasteiger partial charge on any atom is 0.271 e. The Morgan fingerprint density at radius 3 is 2.55 bits per heavy atom. The second-order valence-corrected chi connectivity index (χ2v) is 9.93. The second kappa shape index (κ2) is 8.92. The Morgan fingerprint density at radius 2 is 1.88 bits per heavy atom. The summed E-state index contributed by atoms with van der Waals surface area (Å²) in [6.45, 7) is 9.30. The monoisotopic (exact) mass is 455 g/mol. The summed E-state index contributed by atoms with van der Waals surface area (Å²) in [6, 6.07) is 5.69. The third-order valence-electron chi connectivity index (χ3n) is 7.91. The topological polar surface area (TPSA) is 72.8 Å². The summed E-state index contributed by atoms with van der Waals surface area (Å²) in [4.78, 5) is 29.3. The first kappa shape index (κ1) is 23.5. The molecule has 0 bridgehead atoms. The van der Waals surface area contributed by atoms with E-state index in [0.29, 0.717) is 42.1 Å². The minimum absolute atomic E-state index is 0.0791. The van der Waals surface area contributed by atoms with Crippen LogP contribution in [0, 0.1) is 11.8 Å². The van der Waals surface area contributed by atoms with Crippen LogP contribution in [0.3, 0.4) is 0 Å². The van der Waals surface area contributed by atoms with E-state index in [9.17, 15) is 9.59 Å². The Morgan fingerprint density at radius 1 is 1.18 bits per heavy atom. The van der Waals surface area contributed by atoms with Crippen molar-refractivity contribution in [2.75, 3.05) is 20.8 Å². The summed E-state index contributed by atoms with van der Waals surface area (Å²) in [7, 11) is 3.24. The summed E-state index contributed by atoms with van der Waals surface area (Å²) in [5.74, 6) is 2.12. The molecule has 7 nitrogen and oxygen atoms in total. The lowest BCUT2D eigenvalue weighted by Crippen LogP contribution is -2.65. The number of hydrogen-bond donors (Lipinski definition) is 1. The second-order valence-electron chi connectivity index (χ2n) is 9.93. The predicted octanol–water partition coefficient (Wildman–Crippen LogP) is 4.22. The number of benzene rings is 1. The molecule has 180 valence electrons. The molecule has 4 rings (SSSR count). The van der Waals surface area contributed by atoms with E-state index in [-0.39, 0.29) is 17.9 Å². The number of hydrogen-bond acceptors (Lipinski definition) is 4.